The summed E-state index contributed by atoms with van der Waals surface area (Å²) >= 11 is 0. The molecule has 0 amide bonds. The van der Waals surface area contributed by atoms with Crippen molar-refractivity contribution >= 4 is 0 Å². The summed E-state index contributed by atoms with van der Waals surface area (Å²) in [6, 6.07) is 0.292. The average molecular weight is 211 g/mol. The van der Waals surface area contributed by atoms with Crippen molar-refractivity contribution in [1.82, 2.24) is 5.32 Å². The Kier molecular flexibility index (Phi) is 4.81. The summed E-state index contributed by atoms with van der Waals surface area (Å²) in [7, 11) is 1.84. The Morgan fingerprint density at radius 1 is 1.53 bits per heavy atom. The van der Waals surface area contributed by atoms with E-state index < -0.39 is 0 Å². The molecule has 1 atom stereocenters. The second kappa shape index (κ2) is 5.66. The van der Waals surface area contributed by atoms with Gasteiger partial charge in [-0.1, -0.05) is 19.9 Å². The minimum Gasteiger partial charge on any atom is -0.376 e. The molecule has 0 heterocycles. The molecule has 1 aliphatic rings. The molecule has 0 radical (unpaired) electrons. The Morgan fingerprint density at radius 3 is 2.53 bits per heavy atom. The summed E-state index contributed by atoms with van der Waals surface area (Å²) in [6.07, 6.45) is 6.83. The molecule has 0 aliphatic heterocycles. The predicted molar refractivity (Wildman–Crippen MR) is 65.0 cm³/mol. The van der Waals surface area contributed by atoms with E-state index >= 15 is 0 Å². The third-order valence-corrected chi connectivity index (χ3v) is 3.75. The van der Waals surface area contributed by atoms with Gasteiger partial charge in [0.2, 0.25) is 0 Å². The van der Waals surface area contributed by atoms with Crippen LogP contribution >= 0.6 is 0 Å². The number of hydrogen-bond donors (Lipinski definition) is 1. The highest BCUT2D eigenvalue weighted by Gasteiger charge is 2.39. The van der Waals surface area contributed by atoms with Crippen molar-refractivity contribution in [1.29, 1.82) is 0 Å². The molecule has 1 aliphatic carbocycles. The minimum atomic E-state index is -0.00965. The molecule has 88 valence electrons. The molecule has 0 aromatic carbocycles. The van der Waals surface area contributed by atoms with Gasteiger partial charge in [-0.15, -0.1) is 6.58 Å². The molecule has 1 fully saturated rings. The number of methoxy groups -OCH3 is 1. The van der Waals surface area contributed by atoms with E-state index in [-0.39, 0.29) is 5.60 Å². The maximum atomic E-state index is 5.80. The van der Waals surface area contributed by atoms with Crippen molar-refractivity contribution < 1.29 is 4.74 Å². The average Bonchev–Trinajstić information content (AvgIpc) is 2.28. The summed E-state index contributed by atoms with van der Waals surface area (Å²) < 4.78 is 5.80. The van der Waals surface area contributed by atoms with Crippen molar-refractivity contribution in [2.24, 2.45) is 5.92 Å². The summed E-state index contributed by atoms with van der Waals surface area (Å²) in [4.78, 5) is 0. The maximum Gasteiger partial charge on any atom is 0.0866 e. The van der Waals surface area contributed by atoms with Gasteiger partial charge in [-0.3, -0.25) is 0 Å². The van der Waals surface area contributed by atoms with Gasteiger partial charge in [0.25, 0.3) is 0 Å². The highest BCUT2D eigenvalue weighted by atomic mass is 16.5. The zero-order chi connectivity index (χ0) is 11.3. The van der Waals surface area contributed by atoms with Crippen LogP contribution in [0.3, 0.4) is 0 Å². The second-order valence-electron chi connectivity index (χ2n) is 4.72. The molecular formula is C13H25NO. The molecule has 1 N–H and O–H groups in total. The van der Waals surface area contributed by atoms with Gasteiger partial charge in [0.1, 0.15) is 0 Å². The molecule has 0 saturated heterocycles. The van der Waals surface area contributed by atoms with Crippen LogP contribution in [0.5, 0.6) is 0 Å². The SMILES string of the molecule is C=CC(NCC)C1(OC)CCC(C)CC1. The van der Waals surface area contributed by atoms with E-state index in [2.05, 4.69) is 25.7 Å². The van der Waals surface area contributed by atoms with Crippen LogP contribution in [0, 0.1) is 5.92 Å². The molecule has 0 aromatic rings. The van der Waals surface area contributed by atoms with Crippen molar-refractivity contribution in [3.8, 4) is 0 Å². The smallest absolute Gasteiger partial charge is 0.0866 e. The molecule has 15 heavy (non-hydrogen) atoms. The first-order valence-corrected chi connectivity index (χ1v) is 6.09. The topological polar surface area (TPSA) is 21.3 Å². The molecule has 2 nitrogen and oxygen atoms in total. The van der Waals surface area contributed by atoms with Gasteiger partial charge in [0.15, 0.2) is 0 Å². The van der Waals surface area contributed by atoms with Crippen LogP contribution in [-0.2, 0) is 4.74 Å². The van der Waals surface area contributed by atoms with E-state index in [1.807, 2.05) is 13.2 Å². The fourth-order valence-corrected chi connectivity index (χ4v) is 2.60. The van der Waals surface area contributed by atoms with Crippen molar-refractivity contribution in [2.45, 2.75) is 51.2 Å². The third-order valence-electron chi connectivity index (χ3n) is 3.75. The third kappa shape index (κ3) is 2.82. The number of ether oxygens (including phenoxy) is 1. The molecular weight excluding hydrogens is 186 g/mol. The van der Waals surface area contributed by atoms with Crippen LogP contribution in [0.1, 0.15) is 39.5 Å². The molecule has 0 aromatic heterocycles. The van der Waals surface area contributed by atoms with E-state index in [4.69, 9.17) is 4.74 Å². The van der Waals surface area contributed by atoms with Crippen molar-refractivity contribution in [3.05, 3.63) is 12.7 Å². The lowest BCUT2D eigenvalue weighted by atomic mass is 9.75. The molecule has 1 saturated carbocycles. The first-order valence-electron chi connectivity index (χ1n) is 6.09. The largest absolute Gasteiger partial charge is 0.376 e. The first-order chi connectivity index (χ1) is 7.18. The quantitative estimate of drug-likeness (QED) is 0.706. The Hall–Kier alpha value is -0.340. The van der Waals surface area contributed by atoms with Crippen LogP contribution in [0.2, 0.25) is 0 Å². The van der Waals surface area contributed by atoms with Gasteiger partial charge in [-0.2, -0.15) is 0 Å². The second-order valence-corrected chi connectivity index (χ2v) is 4.72. The van der Waals surface area contributed by atoms with E-state index in [0.717, 1.165) is 25.3 Å². The van der Waals surface area contributed by atoms with Crippen molar-refractivity contribution in [3.63, 3.8) is 0 Å². The Bertz CT molecular complexity index is 195. The fraction of sp³-hybridized carbons (Fsp3) is 0.846. The molecule has 0 bridgehead atoms. The maximum absolute atomic E-state index is 5.80. The highest BCUT2D eigenvalue weighted by molar-refractivity contribution is 5.04. The van der Waals surface area contributed by atoms with Crippen LogP contribution in [-0.4, -0.2) is 25.3 Å². The van der Waals surface area contributed by atoms with E-state index in [1.54, 1.807) is 0 Å². The van der Waals surface area contributed by atoms with Gasteiger partial charge < -0.3 is 10.1 Å². The summed E-state index contributed by atoms with van der Waals surface area (Å²) in [5, 5.41) is 3.47. The monoisotopic (exact) mass is 211 g/mol. The fourth-order valence-electron chi connectivity index (χ4n) is 2.60. The van der Waals surface area contributed by atoms with Crippen LogP contribution < -0.4 is 5.32 Å². The number of rotatable bonds is 5. The highest BCUT2D eigenvalue weighted by Crippen LogP contribution is 2.37. The molecule has 1 rings (SSSR count). The van der Waals surface area contributed by atoms with E-state index in [0.29, 0.717) is 6.04 Å². The standard InChI is InChI=1S/C13H25NO/c1-5-12(14-6-2)13(15-4)9-7-11(3)8-10-13/h5,11-12,14H,1,6-10H2,2-4H3. The van der Waals surface area contributed by atoms with Gasteiger partial charge in [0, 0.05) is 7.11 Å². The lowest BCUT2D eigenvalue weighted by Crippen LogP contribution is -2.52. The Morgan fingerprint density at radius 2 is 2.13 bits per heavy atom. The summed E-state index contributed by atoms with van der Waals surface area (Å²) in [6.45, 7) is 9.35. The van der Waals surface area contributed by atoms with E-state index in [1.165, 1.54) is 12.8 Å². The number of hydrogen-bond acceptors (Lipinski definition) is 2. The predicted octanol–water partition coefficient (Wildman–Crippen LogP) is 2.75. The van der Waals surface area contributed by atoms with E-state index in [9.17, 15) is 0 Å². The van der Waals surface area contributed by atoms with Gasteiger partial charge in [-0.25, -0.2) is 0 Å². The zero-order valence-corrected chi connectivity index (χ0v) is 10.4. The minimum absolute atomic E-state index is 0.00965. The Balaban J connectivity index is 2.69. The van der Waals surface area contributed by atoms with Gasteiger partial charge in [-0.05, 0) is 38.1 Å². The normalized spacial score (nSPS) is 33.7. The Labute approximate surface area is 94.1 Å². The number of likely N-dealkylation sites (N-methyl/N-ethyl adjacent to an activating group) is 1. The van der Waals surface area contributed by atoms with Crippen LogP contribution in [0.25, 0.3) is 0 Å². The lowest BCUT2D eigenvalue weighted by Gasteiger charge is -2.43. The van der Waals surface area contributed by atoms with Crippen LogP contribution in [0.4, 0.5) is 0 Å². The summed E-state index contributed by atoms with van der Waals surface area (Å²) in [5.74, 6) is 0.848. The van der Waals surface area contributed by atoms with Gasteiger partial charge >= 0.3 is 0 Å². The molecule has 2 heteroatoms. The zero-order valence-electron chi connectivity index (χ0n) is 10.4. The van der Waals surface area contributed by atoms with Crippen LogP contribution in [0.15, 0.2) is 12.7 Å². The van der Waals surface area contributed by atoms with Gasteiger partial charge in [0.05, 0.1) is 11.6 Å². The molecule has 0 spiro atoms. The number of nitrogens with one attached hydrogen (secondary N) is 1. The lowest BCUT2D eigenvalue weighted by molar-refractivity contribution is -0.0633. The summed E-state index contributed by atoms with van der Waals surface area (Å²) in [5.41, 5.74) is -0.00965. The van der Waals surface area contributed by atoms with Crippen molar-refractivity contribution in [2.75, 3.05) is 13.7 Å². The molecule has 1 unspecified atom stereocenters. The first kappa shape index (κ1) is 12.7.